The standard InChI is InChI=1S/C13H14BrFO2/c14-10-7-9(3-4-11(10)15)8-13(12(16)17)5-1-2-6-13/h3-4,7H,1-2,5-6,8H2,(H,16,17). The minimum absolute atomic E-state index is 0.315. The van der Waals surface area contributed by atoms with Gasteiger partial charge in [-0.2, -0.15) is 0 Å². The first-order valence-corrected chi connectivity index (χ1v) is 6.50. The number of hydrogen-bond acceptors (Lipinski definition) is 1. The van der Waals surface area contributed by atoms with Crippen LogP contribution in [0.25, 0.3) is 0 Å². The summed E-state index contributed by atoms with van der Waals surface area (Å²) in [4.78, 5) is 11.4. The average Bonchev–Trinajstić information content (AvgIpc) is 2.73. The summed E-state index contributed by atoms with van der Waals surface area (Å²) in [7, 11) is 0. The monoisotopic (exact) mass is 300 g/mol. The van der Waals surface area contributed by atoms with Crippen molar-refractivity contribution in [1.29, 1.82) is 0 Å². The molecule has 0 aliphatic heterocycles. The second-order valence-corrected chi connectivity index (χ2v) is 5.57. The number of carbonyl (C=O) groups is 1. The molecule has 1 saturated carbocycles. The lowest BCUT2D eigenvalue weighted by molar-refractivity contribution is -0.148. The topological polar surface area (TPSA) is 37.3 Å². The third kappa shape index (κ3) is 2.51. The number of hydrogen-bond donors (Lipinski definition) is 1. The van der Waals surface area contributed by atoms with Crippen molar-refractivity contribution >= 4 is 21.9 Å². The number of benzene rings is 1. The van der Waals surface area contributed by atoms with Crippen molar-refractivity contribution in [3.63, 3.8) is 0 Å². The normalized spacial score (nSPS) is 18.2. The van der Waals surface area contributed by atoms with Crippen molar-refractivity contribution < 1.29 is 14.3 Å². The predicted molar refractivity (Wildman–Crippen MR) is 66.3 cm³/mol. The third-order valence-corrected chi connectivity index (χ3v) is 4.15. The molecular weight excluding hydrogens is 287 g/mol. The highest BCUT2D eigenvalue weighted by molar-refractivity contribution is 9.10. The largest absolute Gasteiger partial charge is 0.481 e. The van der Waals surface area contributed by atoms with Gasteiger partial charge in [0.2, 0.25) is 0 Å². The average molecular weight is 301 g/mol. The maximum Gasteiger partial charge on any atom is 0.309 e. The number of aliphatic carboxylic acids is 1. The fourth-order valence-electron chi connectivity index (χ4n) is 2.56. The van der Waals surface area contributed by atoms with Crippen molar-refractivity contribution in [3.8, 4) is 0 Å². The van der Waals surface area contributed by atoms with Gasteiger partial charge in [0, 0.05) is 0 Å². The lowest BCUT2D eigenvalue weighted by Crippen LogP contribution is -2.30. The number of rotatable bonds is 3. The van der Waals surface area contributed by atoms with Gasteiger partial charge < -0.3 is 5.11 Å². The predicted octanol–water partition coefficient (Wildman–Crippen LogP) is 3.78. The molecule has 0 spiro atoms. The van der Waals surface area contributed by atoms with Gasteiger partial charge in [0.05, 0.1) is 9.89 Å². The van der Waals surface area contributed by atoms with E-state index in [2.05, 4.69) is 15.9 Å². The maximum absolute atomic E-state index is 13.1. The van der Waals surface area contributed by atoms with Crippen LogP contribution in [0.15, 0.2) is 22.7 Å². The molecule has 0 atom stereocenters. The Labute approximate surface area is 108 Å². The van der Waals surface area contributed by atoms with E-state index in [-0.39, 0.29) is 5.82 Å². The second kappa shape index (κ2) is 4.77. The Morgan fingerprint density at radius 3 is 2.59 bits per heavy atom. The van der Waals surface area contributed by atoms with Crippen LogP contribution >= 0.6 is 15.9 Å². The Balaban J connectivity index is 2.23. The van der Waals surface area contributed by atoms with Crippen molar-refractivity contribution in [3.05, 3.63) is 34.1 Å². The Kier molecular flexibility index (Phi) is 3.52. The molecule has 0 aromatic heterocycles. The SMILES string of the molecule is O=C(O)C1(Cc2ccc(F)c(Br)c2)CCCC1. The van der Waals surface area contributed by atoms with Gasteiger partial charge in [0.25, 0.3) is 0 Å². The van der Waals surface area contributed by atoms with Crippen molar-refractivity contribution in [2.45, 2.75) is 32.1 Å². The number of halogens is 2. The summed E-state index contributed by atoms with van der Waals surface area (Å²) in [6.45, 7) is 0. The smallest absolute Gasteiger partial charge is 0.309 e. The van der Waals surface area contributed by atoms with Gasteiger partial charge >= 0.3 is 5.97 Å². The molecule has 1 aromatic rings. The second-order valence-electron chi connectivity index (χ2n) is 4.72. The van der Waals surface area contributed by atoms with E-state index in [1.54, 1.807) is 12.1 Å². The van der Waals surface area contributed by atoms with Crippen LogP contribution in [0, 0.1) is 11.2 Å². The fraction of sp³-hybridized carbons (Fsp3) is 0.462. The molecular formula is C13H14BrFO2. The van der Waals surface area contributed by atoms with Crippen molar-refractivity contribution in [1.82, 2.24) is 0 Å². The lowest BCUT2D eigenvalue weighted by atomic mass is 9.80. The van der Waals surface area contributed by atoms with E-state index < -0.39 is 11.4 Å². The zero-order valence-electron chi connectivity index (χ0n) is 9.38. The number of carboxylic acids is 1. The minimum Gasteiger partial charge on any atom is -0.481 e. The van der Waals surface area contributed by atoms with E-state index >= 15 is 0 Å². The van der Waals surface area contributed by atoms with Gasteiger partial charge in [-0.25, -0.2) is 4.39 Å². The van der Waals surface area contributed by atoms with E-state index in [0.29, 0.717) is 10.9 Å². The van der Waals surface area contributed by atoms with E-state index in [4.69, 9.17) is 0 Å². The van der Waals surface area contributed by atoms with Gasteiger partial charge in [-0.05, 0) is 52.9 Å². The maximum atomic E-state index is 13.1. The van der Waals surface area contributed by atoms with Gasteiger partial charge in [-0.1, -0.05) is 18.9 Å². The third-order valence-electron chi connectivity index (χ3n) is 3.54. The Hall–Kier alpha value is -0.900. The zero-order chi connectivity index (χ0) is 12.5. The van der Waals surface area contributed by atoms with Crippen molar-refractivity contribution in [2.24, 2.45) is 5.41 Å². The van der Waals surface area contributed by atoms with Gasteiger partial charge in [0.1, 0.15) is 5.82 Å². The van der Waals surface area contributed by atoms with Crippen LogP contribution in [0.3, 0.4) is 0 Å². The summed E-state index contributed by atoms with van der Waals surface area (Å²) < 4.78 is 13.5. The highest BCUT2D eigenvalue weighted by atomic mass is 79.9. The van der Waals surface area contributed by atoms with Crippen LogP contribution in [0.5, 0.6) is 0 Å². The summed E-state index contributed by atoms with van der Waals surface area (Å²) >= 11 is 3.13. The molecule has 4 heteroatoms. The summed E-state index contributed by atoms with van der Waals surface area (Å²) in [5.41, 5.74) is 0.236. The quantitative estimate of drug-likeness (QED) is 0.922. The van der Waals surface area contributed by atoms with Crippen molar-refractivity contribution in [2.75, 3.05) is 0 Å². The van der Waals surface area contributed by atoms with E-state index in [1.165, 1.54) is 6.07 Å². The highest BCUT2D eigenvalue weighted by Crippen LogP contribution is 2.41. The first kappa shape index (κ1) is 12.6. The molecule has 92 valence electrons. The molecule has 0 unspecified atom stereocenters. The van der Waals surface area contributed by atoms with E-state index in [0.717, 1.165) is 31.2 Å². The summed E-state index contributed by atoms with van der Waals surface area (Å²) in [6.07, 6.45) is 3.86. The molecule has 2 nitrogen and oxygen atoms in total. The van der Waals surface area contributed by atoms with Gasteiger partial charge in [-0.15, -0.1) is 0 Å². The van der Waals surface area contributed by atoms with E-state index in [9.17, 15) is 14.3 Å². The molecule has 1 N–H and O–H groups in total. The first-order valence-electron chi connectivity index (χ1n) is 5.71. The molecule has 1 fully saturated rings. The van der Waals surface area contributed by atoms with Crippen LogP contribution in [0.2, 0.25) is 0 Å². The first-order chi connectivity index (χ1) is 8.03. The zero-order valence-corrected chi connectivity index (χ0v) is 11.0. The summed E-state index contributed by atoms with van der Waals surface area (Å²) in [5, 5.41) is 9.36. The molecule has 1 aliphatic carbocycles. The number of carboxylic acid groups (broad SMARTS) is 1. The minimum atomic E-state index is -0.726. The Morgan fingerprint density at radius 2 is 2.06 bits per heavy atom. The van der Waals surface area contributed by atoms with Crippen LogP contribution in [0.1, 0.15) is 31.2 Å². The molecule has 0 radical (unpaired) electrons. The molecule has 0 bridgehead atoms. The fourth-order valence-corrected chi connectivity index (χ4v) is 2.98. The van der Waals surface area contributed by atoms with Gasteiger partial charge in [0.15, 0.2) is 0 Å². The molecule has 1 aliphatic rings. The highest BCUT2D eigenvalue weighted by Gasteiger charge is 2.41. The van der Waals surface area contributed by atoms with E-state index in [1.807, 2.05) is 0 Å². The Morgan fingerprint density at radius 1 is 1.41 bits per heavy atom. The molecule has 0 saturated heterocycles. The van der Waals surface area contributed by atoms with Crippen LogP contribution < -0.4 is 0 Å². The van der Waals surface area contributed by atoms with Gasteiger partial charge in [-0.3, -0.25) is 4.79 Å². The summed E-state index contributed by atoms with van der Waals surface area (Å²) in [6, 6.07) is 4.73. The van der Waals surface area contributed by atoms with Crippen LogP contribution in [-0.4, -0.2) is 11.1 Å². The molecule has 0 amide bonds. The summed E-state index contributed by atoms with van der Waals surface area (Å²) in [5.74, 6) is -1.04. The molecule has 1 aromatic carbocycles. The molecule has 2 rings (SSSR count). The lowest BCUT2D eigenvalue weighted by Gasteiger charge is -2.23. The van der Waals surface area contributed by atoms with Crippen LogP contribution in [0.4, 0.5) is 4.39 Å². The Bertz CT molecular complexity index is 439. The van der Waals surface area contributed by atoms with Crippen LogP contribution in [-0.2, 0) is 11.2 Å². The molecule has 17 heavy (non-hydrogen) atoms. The molecule has 0 heterocycles.